The molecule has 0 N–H and O–H groups in total. The number of rotatable bonds is 5. The van der Waals surface area contributed by atoms with Crippen molar-refractivity contribution in [2.45, 2.75) is 0 Å². The maximum atomic E-state index is 14.4. The molecule has 0 fully saturated rings. The van der Waals surface area contributed by atoms with Crippen molar-refractivity contribution < 1.29 is 24.5 Å². The molecule has 0 aliphatic heterocycles. The number of pyridine rings is 1. The summed E-state index contributed by atoms with van der Waals surface area (Å²) in [7, 11) is 0. The molecule has 3 nitrogen and oxygen atoms in total. The minimum atomic E-state index is -0.266. The van der Waals surface area contributed by atoms with Gasteiger partial charge in [-0.3, -0.25) is 16.3 Å². The molecule has 0 atom stereocenters. The molecule has 1 radical (unpaired) electrons. The summed E-state index contributed by atoms with van der Waals surface area (Å²) in [4.78, 5) is 9.31. The van der Waals surface area contributed by atoms with Crippen LogP contribution in [0.4, 0.5) is 4.39 Å². The summed E-state index contributed by atoms with van der Waals surface area (Å²) in [6.07, 6.45) is 1.79. The Morgan fingerprint density at radius 1 is 0.640 bits per heavy atom. The van der Waals surface area contributed by atoms with Crippen LogP contribution in [0.25, 0.3) is 71.7 Å². The summed E-state index contributed by atoms with van der Waals surface area (Å²) < 4.78 is 17.6. The molecule has 0 bridgehead atoms. The fourth-order valence-corrected chi connectivity index (χ4v) is 6.91. The van der Waals surface area contributed by atoms with E-state index in [1.807, 2.05) is 78.9 Å². The second-order valence-corrected chi connectivity index (χ2v) is 12.3. The summed E-state index contributed by atoms with van der Waals surface area (Å²) in [6, 6.07) is 57.1. The molecule has 0 saturated heterocycles. The summed E-state index contributed by atoms with van der Waals surface area (Å²) in [5.74, 6) is 0.483. The van der Waals surface area contributed by atoms with Crippen LogP contribution in [0.3, 0.4) is 0 Å². The molecule has 0 aliphatic rings. The van der Waals surface area contributed by atoms with Crippen LogP contribution >= 0.6 is 11.3 Å². The second kappa shape index (κ2) is 14.9. The van der Waals surface area contributed by atoms with Crippen LogP contribution in [-0.4, -0.2) is 14.5 Å². The fourth-order valence-electron chi connectivity index (χ4n) is 6.09. The summed E-state index contributed by atoms with van der Waals surface area (Å²) in [5, 5.41) is 4.26. The van der Waals surface area contributed by atoms with E-state index in [0.717, 1.165) is 71.7 Å². The molecule has 0 amide bonds. The van der Waals surface area contributed by atoms with Crippen LogP contribution in [0.1, 0.15) is 0 Å². The normalized spacial score (nSPS) is 10.7. The zero-order valence-corrected chi connectivity index (χ0v) is 29.8. The molecule has 3 heterocycles. The van der Waals surface area contributed by atoms with Crippen molar-refractivity contribution in [3.05, 3.63) is 187 Å². The van der Waals surface area contributed by atoms with Crippen molar-refractivity contribution in [2.75, 3.05) is 0 Å². The van der Waals surface area contributed by atoms with E-state index in [2.05, 4.69) is 93.8 Å². The first-order chi connectivity index (χ1) is 24.2. The molecule has 3 aromatic heterocycles. The van der Waals surface area contributed by atoms with Gasteiger partial charge in [-0.1, -0.05) is 131 Å². The molecule has 243 valence electrons. The zero-order chi connectivity index (χ0) is 33.0. The molecule has 0 unspecified atom stereocenters. The Bertz CT molecular complexity index is 2400. The van der Waals surface area contributed by atoms with Gasteiger partial charge in [-0.15, -0.1) is 41.3 Å². The third kappa shape index (κ3) is 6.57. The van der Waals surface area contributed by atoms with Gasteiger partial charge in [0.15, 0.2) is 0 Å². The van der Waals surface area contributed by atoms with Gasteiger partial charge in [0.2, 0.25) is 0 Å². The Labute approximate surface area is 307 Å². The number of fused-ring (bicyclic) bond motifs is 2. The predicted octanol–water partition coefficient (Wildman–Crippen LogP) is 11.7. The van der Waals surface area contributed by atoms with Crippen molar-refractivity contribution >= 4 is 32.5 Å². The summed E-state index contributed by atoms with van der Waals surface area (Å²) in [6.45, 7) is 0. The van der Waals surface area contributed by atoms with E-state index in [-0.39, 0.29) is 25.9 Å². The summed E-state index contributed by atoms with van der Waals surface area (Å²) >= 11 is 1.49. The largest absolute Gasteiger partial charge is 0.332 e. The first kappa shape index (κ1) is 33.0. The van der Waals surface area contributed by atoms with E-state index < -0.39 is 0 Å². The van der Waals surface area contributed by atoms with Gasteiger partial charge >= 0.3 is 0 Å². The molecule has 50 heavy (non-hydrogen) atoms. The SMILES string of the molecule is Fc1ccc2s[c-]c(-c3nc4ccccc4n3-c3c(-c4ccccc4)cccc3-c3ccccc3)c2c1.[Ir].[c-]1ccccc1-c1ccccn1. The van der Waals surface area contributed by atoms with Gasteiger partial charge in [0, 0.05) is 37.4 Å². The van der Waals surface area contributed by atoms with E-state index in [4.69, 9.17) is 4.98 Å². The average molecular weight is 842 g/mol. The number of hydrogen-bond donors (Lipinski definition) is 0. The van der Waals surface area contributed by atoms with Crippen LogP contribution < -0.4 is 0 Å². The third-order valence-corrected chi connectivity index (χ3v) is 9.22. The van der Waals surface area contributed by atoms with Crippen LogP contribution in [0.15, 0.2) is 170 Å². The summed E-state index contributed by atoms with van der Waals surface area (Å²) in [5.41, 5.74) is 10.1. The first-order valence-electron chi connectivity index (χ1n) is 15.9. The number of benzene rings is 6. The molecule has 6 heteroatoms. The Morgan fingerprint density at radius 3 is 2.00 bits per heavy atom. The molecule has 6 aromatic carbocycles. The molecule has 0 saturated carbocycles. The van der Waals surface area contributed by atoms with Crippen molar-refractivity contribution in [1.82, 2.24) is 14.5 Å². The number of para-hydroxylation sites is 3. The van der Waals surface area contributed by atoms with Crippen LogP contribution in [0, 0.1) is 17.3 Å². The second-order valence-electron chi connectivity index (χ2n) is 11.4. The van der Waals surface area contributed by atoms with Crippen molar-refractivity contribution in [1.29, 1.82) is 0 Å². The number of hydrogen-bond acceptors (Lipinski definition) is 3. The number of thiophene rings is 1. The minimum absolute atomic E-state index is 0. The van der Waals surface area contributed by atoms with Crippen LogP contribution in [0.2, 0.25) is 0 Å². The average Bonchev–Trinajstić information content (AvgIpc) is 3.77. The molecular weight excluding hydrogens is 814 g/mol. The quantitative estimate of drug-likeness (QED) is 0.162. The van der Waals surface area contributed by atoms with Gasteiger partial charge in [0.1, 0.15) is 5.82 Å². The maximum absolute atomic E-state index is 14.4. The molecule has 9 aromatic rings. The van der Waals surface area contributed by atoms with E-state index in [1.165, 1.54) is 17.4 Å². The van der Waals surface area contributed by atoms with Gasteiger partial charge in [-0.25, -0.2) is 4.39 Å². The van der Waals surface area contributed by atoms with Crippen LogP contribution in [-0.2, 0) is 20.1 Å². The van der Waals surface area contributed by atoms with E-state index in [0.29, 0.717) is 0 Å². The van der Waals surface area contributed by atoms with Crippen molar-refractivity contribution in [2.24, 2.45) is 0 Å². The van der Waals surface area contributed by atoms with Gasteiger partial charge in [-0.2, -0.15) is 0 Å². The van der Waals surface area contributed by atoms with E-state index in [9.17, 15) is 4.39 Å². The Hall–Kier alpha value is -5.52. The minimum Gasteiger partial charge on any atom is -0.332 e. The third-order valence-electron chi connectivity index (χ3n) is 8.34. The Kier molecular flexibility index (Phi) is 9.86. The van der Waals surface area contributed by atoms with E-state index >= 15 is 0 Å². The van der Waals surface area contributed by atoms with Crippen molar-refractivity contribution in [3.63, 3.8) is 0 Å². The van der Waals surface area contributed by atoms with Gasteiger partial charge < -0.3 is 9.55 Å². The van der Waals surface area contributed by atoms with Crippen molar-refractivity contribution in [3.8, 4) is 50.6 Å². The maximum Gasteiger partial charge on any atom is 0.113 e. The number of halogens is 1. The molecular formula is C44H28FIrN3S-2. The van der Waals surface area contributed by atoms with Gasteiger partial charge in [0.25, 0.3) is 0 Å². The van der Waals surface area contributed by atoms with Gasteiger partial charge in [-0.05, 0) is 41.1 Å². The smallest absolute Gasteiger partial charge is 0.113 e. The Morgan fingerprint density at radius 2 is 1.32 bits per heavy atom. The zero-order valence-electron chi connectivity index (χ0n) is 26.6. The topological polar surface area (TPSA) is 30.7 Å². The van der Waals surface area contributed by atoms with E-state index in [1.54, 1.807) is 12.3 Å². The molecule has 0 spiro atoms. The number of aromatic nitrogens is 3. The first-order valence-corrected chi connectivity index (χ1v) is 16.8. The van der Waals surface area contributed by atoms with Crippen LogP contribution in [0.5, 0.6) is 0 Å². The predicted molar refractivity (Wildman–Crippen MR) is 200 cm³/mol. The molecule has 0 aliphatic carbocycles. The monoisotopic (exact) mass is 842 g/mol. The van der Waals surface area contributed by atoms with Gasteiger partial charge in [0.05, 0.1) is 22.5 Å². The standard InChI is InChI=1S/C33H20FN2S.C11H8N.Ir/c34-24-18-19-31-27(20-24)28(21-37-31)33-35-29-16-7-8-17-30(29)36(33)32-25(22-10-3-1-4-11-22)14-9-15-26(32)23-12-5-2-6-13-23;1-2-6-10(7-3-1)11-8-4-5-9-12-11;/h1-20H;1-6,8-9H;/q2*-1;. The fraction of sp³-hybridized carbons (Fsp3) is 0. The molecule has 9 rings (SSSR count). The number of imidazole rings is 1. The Balaban J connectivity index is 0.000000255. The number of nitrogens with zero attached hydrogens (tertiary/aromatic N) is 3.